The maximum absolute atomic E-state index is 13.0. The van der Waals surface area contributed by atoms with Crippen LogP contribution in [0.4, 0.5) is 10.1 Å². The third-order valence-corrected chi connectivity index (χ3v) is 2.71. The van der Waals surface area contributed by atoms with Gasteiger partial charge < -0.3 is 5.73 Å². The van der Waals surface area contributed by atoms with Crippen molar-refractivity contribution in [3.05, 3.63) is 64.4 Å². The zero-order valence-corrected chi connectivity index (χ0v) is 9.34. The second-order valence-electron chi connectivity index (χ2n) is 3.66. The van der Waals surface area contributed by atoms with E-state index in [2.05, 4.69) is 0 Å². The molecule has 2 rings (SSSR count). The number of anilines is 1. The number of hydrogen-bond acceptors (Lipinski definition) is 1. The monoisotopic (exact) mass is 235 g/mol. The molecule has 0 atom stereocenters. The second-order valence-corrected chi connectivity index (χ2v) is 4.06. The fraction of sp³-hybridized carbons (Fsp3) is 0.0769. The van der Waals surface area contributed by atoms with Crippen molar-refractivity contribution in [3.63, 3.8) is 0 Å². The summed E-state index contributed by atoms with van der Waals surface area (Å²) in [4.78, 5) is 0. The molecule has 0 heterocycles. The van der Waals surface area contributed by atoms with Crippen LogP contribution in [0.5, 0.6) is 0 Å². The van der Waals surface area contributed by atoms with E-state index in [-0.39, 0.29) is 5.82 Å². The number of halogens is 2. The van der Waals surface area contributed by atoms with Crippen LogP contribution in [0.3, 0.4) is 0 Å². The average Bonchev–Trinajstić information content (AvgIpc) is 2.22. The van der Waals surface area contributed by atoms with Gasteiger partial charge in [0.1, 0.15) is 5.82 Å². The molecule has 0 fully saturated rings. The van der Waals surface area contributed by atoms with Crippen LogP contribution in [0.1, 0.15) is 11.1 Å². The SMILES string of the molecule is Nc1ccc(Cc2cccc(F)c2)c(Cl)c1. The summed E-state index contributed by atoms with van der Waals surface area (Å²) in [5.41, 5.74) is 8.07. The Morgan fingerprint density at radius 2 is 1.94 bits per heavy atom. The van der Waals surface area contributed by atoms with Crippen molar-refractivity contribution >= 4 is 17.3 Å². The van der Waals surface area contributed by atoms with E-state index in [1.807, 2.05) is 12.1 Å². The molecule has 1 nitrogen and oxygen atoms in total. The van der Waals surface area contributed by atoms with E-state index >= 15 is 0 Å². The molecule has 0 radical (unpaired) electrons. The first-order valence-corrected chi connectivity index (χ1v) is 5.31. The highest BCUT2D eigenvalue weighted by Gasteiger charge is 2.03. The Morgan fingerprint density at radius 3 is 2.62 bits per heavy atom. The lowest BCUT2D eigenvalue weighted by molar-refractivity contribution is 0.626. The van der Waals surface area contributed by atoms with Crippen molar-refractivity contribution in [1.82, 2.24) is 0 Å². The normalized spacial score (nSPS) is 10.4. The minimum Gasteiger partial charge on any atom is -0.399 e. The highest BCUT2D eigenvalue weighted by atomic mass is 35.5. The molecule has 0 aliphatic rings. The van der Waals surface area contributed by atoms with Crippen molar-refractivity contribution < 1.29 is 4.39 Å². The summed E-state index contributed by atoms with van der Waals surface area (Å²) < 4.78 is 13.0. The third-order valence-electron chi connectivity index (χ3n) is 2.36. The Labute approximate surface area is 98.7 Å². The Bertz CT molecular complexity index is 511. The molecule has 0 saturated heterocycles. The van der Waals surface area contributed by atoms with E-state index in [1.165, 1.54) is 12.1 Å². The minimum atomic E-state index is -0.232. The highest BCUT2D eigenvalue weighted by molar-refractivity contribution is 6.31. The summed E-state index contributed by atoms with van der Waals surface area (Å²) in [6.45, 7) is 0. The van der Waals surface area contributed by atoms with Gasteiger partial charge >= 0.3 is 0 Å². The van der Waals surface area contributed by atoms with E-state index in [1.54, 1.807) is 18.2 Å². The van der Waals surface area contributed by atoms with Crippen molar-refractivity contribution in [2.75, 3.05) is 5.73 Å². The molecule has 2 N–H and O–H groups in total. The lowest BCUT2D eigenvalue weighted by atomic mass is 10.0. The Kier molecular flexibility index (Phi) is 3.11. The summed E-state index contributed by atoms with van der Waals surface area (Å²) in [6.07, 6.45) is 0.608. The van der Waals surface area contributed by atoms with Gasteiger partial charge in [-0.1, -0.05) is 29.8 Å². The van der Waals surface area contributed by atoms with Crippen LogP contribution in [-0.2, 0) is 6.42 Å². The fourth-order valence-electron chi connectivity index (χ4n) is 1.57. The minimum absolute atomic E-state index is 0.232. The fourth-order valence-corrected chi connectivity index (χ4v) is 1.83. The highest BCUT2D eigenvalue weighted by Crippen LogP contribution is 2.22. The van der Waals surface area contributed by atoms with Crippen LogP contribution >= 0.6 is 11.6 Å². The van der Waals surface area contributed by atoms with Crippen molar-refractivity contribution in [2.24, 2.45) is 0 Å². The first-order chi connectivity index (χ1) is 7.65. The van der Waals surface area contributed by atoms with Crippen LogP contribution in [0, 0.1) is 5.82 Å². The van der Waals surface area contributed by atoms with Crippen molar-refractivity contribution in [1.29, 1.82) is 0 Å². The second kappa shape index (κ2) is 4.54. The molecule has 0 bridgehead atoms. The van der Waals surface area contributed by atoms with Gasteiger partial charge in [-0.05, 0) is 41.8 Å². The summed E-state index contributed by atoms with van der Waals surface area (Å²) in [7, 11) is 0. The van der Waals surface area contributed by atoms with Gasteiger partial charge in [-0.2, -0.15) is 0 Å². The number of benzene rings is 2. The molecule has 0 amide bonds. The maximum Gasteiger partial charge on any atom is 0.123 e. The van der Waals surface area contributed by atoms with E-state index < -0.39 is 0 Å². The summed E-state index contributed by atoms with van der Waals surface area (Å²) >= 11 is 6.05. The summed E-state index contributed by atoms with van der Waals surface area (Å²) in [5, 5.41) is 0.615. The molecule has 0 aliphatic carbocycles. The van der Waals surface area contributed by atoms with Gasteiger partial charge in [0.15, 0.2) is 0 Å². The van der Waals surface area contributed by atoms with Crippen molar-refractivity contribution in [2.45, 2.75) is 6.42 Å². The van der Waals surface area contributed by atoms with Crippen molar-refractivity contribution in [3.8, 4) is 0 Å². The zero-order chi connectivity index (χ0) is 11.5. The zero-order valence-electron chi connectivity index (χ0n) is 8.58. The Hall–Kier alpha value is -1.54. The molecule has 0 aliphatic heterocycles. The smallest absolute Gasteiger partial charge is 0.123 e. The van der Waals surface area contributed by atoms with Crippen LogP contribution in [-0.4, -0.2) is 0 Å². The van der Waals surface area contributed by atoms with E-state index in [9.17, 15) is 4.39 Å². The predicted octanol–water partition coefficient (Wildman–Crippen LogP) is 3.65. The van der Waals surface area contributed by atoms with E-state index in [4.69, 9.17) is 17.3 Å². The molecular formula is C13H11ClFN. The molecule has 0 spiro atoms. The molecule has 3 heteroatoms. The van der Waals surface area contributed by atoms with E-state index in [0.29, 0.717) is 17.1 Å². The first kappa shape index (κ1) is 11.0. The van der Waals surface area contributed by atoms with Gasteiger partial charge in [0.25, 0.3) is 0 Å². The summed E-state index contributed by atoms with van der Waals surface area (Å²) in [6, 6.07) is 11.9. The summed E-state index contributed by atoms with van der Waals surface area (Å²) in [5.74, 6) is -0.232. The molecule has 0 unspecified atom stereocenters. The van der Waals surface area contributed by atoms with Gasteiger partial charge in [0.2, 0.25) is 0 Å². The number of rotatable bonds is 2. The van der Waals surface area contributed by atoms with Crippen LogP contribution in [0.25, 0.3) is 0 Å². The van der Waals surface area contributed by atoms with Gasteiger partial charge in [0, 0.05) is 10.7 Å². The Balaban J connectivity index is 2.27. The molecule has 0 aromatic heterocycles. The quantitative estimate of drug-likeness (QED) is 0.790. The molecule has 2 aromatic rings. The molecule has 82 valence electrons. The predicted molar refractivity (Wildman–Crippen MR) is 65.1 cm³/mol. The van der Waals surface area contributed by atoms with Gasteiger partial charge in [-0.3, -0.25) is 0 Å². The molecular weight excluding hydrogens is 225 g/mol. The largest absolute Gasteiger partial charge is 0.399 e. The van der Waals surface area contributed by atoms with Crippen LogP contribution in [0.2, 0.25) is 5.02 Å². The lowest BCUT2D eigenvalue weighted by Crippen LogP contribution is -1.92. The number of nitrogens with two attached hydrogens (primary N) is 1. The lowest BCUT2D eigenvalue weighted by Gasteiger charge is -2.05. The first-order valence-electron chi connectivity index (χ1n) is 4.93. The van der Waals surface area contributed by atoms with Gasteiger partial charge in [-0.15, -0.1) is 0 Å². The van der Waals surface area contributed by atoms with Crippen LogP contribution in [0.15, 0.2) is 42.5 Å². The van der Waals surface area contributed by atoms with E-state index in [0.717, 1.165) is 11.1 Å². The third kappa shape index (κ3) is 2.52. The average molecular weight is 236 g/mol. The standard InChI is InChI=1S/C13H11ClFN/c14-13-8-12(16)5-4-10(13)6-9-2-1-3-11(15)7-9/h1-5,7-8H,6,16H2. The Morgan fingerprint density at radius 1 is 1.12 bits per heavy atom. The molecule has 2 aromatic carbocycles. The topological polar surface area (TPSA) is 26.0 Å². The van der Waals surface area contributed by atoms with Gasteiger partial charge in [0.05, 0.1) is 0 Å². The number of hydrogen-bond donors (Lipinski definition) is 1. The molecule has 0 saturated carbocycles. The van der Waals surface area contributed by atoms with Gasteiger partial charge in [-0.25, -0.2) is 4.39 Å². The maximum atomic E-state index is 13.0. The molecule has 16 heavy (non-hydrogen) atoms. The van der Waals surface area contributed by atoms with Crippen LogP contribution < -0.4 is 5.73 Å². The number of nitrogen functional groups attached to an aromatic ring is 1.